The molecule has 1 rings (SSSR count). The molecule has 0 spiro atoms. The molecule has 0 heterocycles. The van der Waals surface area contributed by atoms with Crippen molar-refractivity contribution in [2.75, 3.05) is 19.7 Å². The number of benzene rings is 1. The summed E-state index contributed by atoms with van der Waals surface area (Å²) in [6, 6.07) is 3.88. The van der Waals surface area contributed by atoms with Crippen molar-refractivity contribution in [3.8, 4) is 11.8 Å². The van der Waals surface area contributed by atoms with E-state index in [1.807, 2.05) is 0 Å². The quantitative estimate of drug-likeness (QED) is 0.537. The Balaban J connectivity index is 2.69. The summed E-state index contributed by atoms with van der Waals surface area (Å²) in [7, 11) is 0. The second-order valence-corrected chi connectivity index (χ2v) is 3.89. The Morgan fingerprint density at radius 3 is 2.65 bits per heavy atom. The Hall–Kier alpha value is -2.39. The van der Waals surface area contributed by atoms with Crippen molar-refractivity contribution in [3.63, 3.8) is 0 Å². The van der Waals surface area contributed by atoms with Gasteiger partial charge in [0, 0.05) is 25.6 Å². The van der Waals surface area contributed by atoms with Gasteiger partial charge in [0.15, 0.2) is 0 Å². The normalized spacial score (nSPS) is 9.35. The number of aliphatic hydroxyl groups is 1. The van der Waals surface area contributed by atoms with Gasteiger partial charge in [-0.15, -0.1) is 0 Å². The number of rotatable bonds is 4. The number of nitrogens with one attached hydrogen (secondary N) is 2. The monoisotopic (exact) mass is 278 g/mol. The molecule has 0 aliphatic carbocycles. The van der Waals surface area contributed by atoms with Crippen molar-refractivity contribution in [2.45, 2.75) is 6.92 Å². The number of aliphatic hydroxyl groups excluding tert-OH is 1. The van der Waals surface area contributed by atoms with Crippen LogP contribution in [-0.2, 0) is 4.79 Å². The van der Waals surface area contributed by atoms with Crippen LogP contribution in [0.2, 0.25) is 0 Å². The number of hydrogen-bond acceptors (Lipinski definition) is 3. The van der Waals surface area contributed by atoms with Gasteiger partial charge in [0.05, 0.1) is 5.56 Å². The zero-order chi connectivity index (χ0) is 15.0. The van der Waals surface area contributed by atoms with E-state index in [-0.39, 0.29) is 31.2 Å². The average molecular weight is 278 g/mol. The summed E-state index contributed by atoms with van der Waals surface area (Å²) in [5, 5.41) is 13.6. The number of amides is 2. The lowest BCUT2D eigenvalue weighted by Gasteiger charge is -2.07. The SMILES string of the molecule is CC(=O)NCCNC(=O)c1cc(C#CCO)ccc1F. The molecule has 2 amide bonds. The minimum absolute atomic E-state index is 0.127. The van der Waals surface area contributed by atoms with Crippen molar-refractivity contribution in [1.82, 2.24) is 10.6 Å². The van der Waals surface area contributed by atoms with E-state index < -0.39 is 11.7 Å². The Bertz CT molecular complexity index is 561. The zero-order valence-corrected chi connectivity index (χ0v) is 11.0. The van der Waals surface area contributed by atoms with E-state index in [2.05, 4.69) is 22.5 Å². The molecular formula is C14H15FN2O3. The molecule has 5 nitrogen and oxygen atoms in total. The highest BCUT2D eigenvalue weighted by Crippen LogP contribution is 2.09. The summed E-state index contributed by atoms with van der Waals surface area (Å²) in [6.07, 6.45) is 0. The van der Waals surface area contributed by atoms with Crippen molar-refractivity contribution >= 4 is 11.8 Å². The van der Waals surface area contributed by atoms with Gasteiger partial charge in [-0.3, -0.25) is 9.59 Å². The van der Waals surface area contributed by atoms with Crippen LogP contribution in [0.1, 0.15) is 22.8 Å². The molecule has 0 unspecified atom stereocenters. The van der Waals surface area contributed by atoms with Gasteiger partial charge in [-0.25, -0.2) is 4.39 Å². The van der Waals surface area contributed by atoms with E-state index in [1.165, 1.54) is 19.1 Å². The first-order valence-electron chi connectivity index (χ1n) is 5.96. The van der Waals surface area contributed by atoms with E-state index in [9.17, 15) is 14.0 Å². The third-order valence-electron chi connectivity index (χ3n) is 2.31. The third-order valence-corrected chi connectivity index (χ3v) is 2.31. The van der Waals surface area contributed by atoms with Crippen LogP contribution in [0.4, 0.5) is 4.39 Å². The highest BCUT2D eigenvalue weighted by molar-refractivity contribution is 5.94. The molecule has 0 saturated carbocycles. The molecule has 106 valence electrons. The fourth-order valence-electron chi connectivity index (χ4n) is 1.43. The first-order valence-corrected chi connectivity index (χ1v) is 5.96. The van der Waals surface area contributed by atoms with Crippen molar-refractivity contribution < 1.29 is 19.1 Å². The summed E-state index contributed by atoms with van der Waals surface area (Å²) in [6.45, 7) is 1.53. The molecule has 0 saturated heterocycles. The van der Waals surface area contributed by atoms with Crippen LogP contribution >= 0.6 is 0 Å². The Labute approximate surface area is 116 Å². The van der Waals surface area contributed by atoms with Crippen molar-refractivity contribution in [1.29, 1.82) is 0 Å². The van der Waals surface area contributed by atoms with Gasteiger partial charge in [-0.05, 0) is 18.2 Å². The molecular weight excluding hydrogens is 263 g/mol. The molecule has 0 aromatic heterocycles. The Morgan fingerprint density at radius 2 is 2.00 bits per heavy atom. The van der Waals surface area contributed by atoms with Gasteiger partial charge in [0.2, 0.25) is 5.91 Å². The van der Waals surface area contributed by atoms with Crippen LogP contribution in [0, 0.1) is 17.7 Å². The fourth-order valence-corrected chi connectivity index (χ4v) is 1.43. The number of carbonyl (C=O) groups is 2. The van der Waals surface area contributed by atoms with E-state index in [0.29, 0.717) is 5.56 Å². The van der Waals surface area contributed by atoms with Crippen LogP contribution < -0.4 is 10.6 Å². The van der Waals surface area contributed by atoms with Crippen LogP contribution in [0.3, 0.4) is 0 Å². The van der Waals surface area contributed by atoms with Crippen LogP contribution in [-0.4, -0.2) is 36.6 Å². The standard InChI is InChI=1S/C14H15FN2O3/c1-10(19)16-6-7-17-14(20)12-9-11(3-2-8-18)4-5-13(12)15/h4-5,9,18H,6-8H2,1H3,(H,16,19)(H,17,20). The molecule has 0 aliphatic heterocycles. The maximum Gasteiger partial charge on any atom is 0.254 e. The lowest BCUT2D eigenvalue weighted by Crippen LogP contribution is -2.34. The van der Waals surface area contributed by atoms with Crippen LogP contribution in [0.5, 0.6) is 0 Å². The smallest absolute Gasteiger partial charge is 0.254 e. The van der Waals surface area contributed by atoms with Gasteiger partial charge in [-0.2, -0.15) is 0 Å². The number of hydrogen-bond donors (Lipinski definition) is 3. The maximum atomic E-state index is 13.6. The van der Waals surface area contributed by atoms with Crippen molar-refractivity contribution in [2.24, 2.45) is 0 Å². The molecule has 1 aromatic rings. The van der Waals surface area contributed by atoms with Gasteiger partial charge < -0.3 is 15.7 Å². The lowest BCUT2D eigenvalue weighted by molar-refractivity contribution is -0.118. The Kier molecular flexibility index (Phi) is 6.20. The van der Waals surface area contributed by atoms with Gasteiger partial charge in [0.1, 0.15) is 12.4 Å². The molecule has 0 aliphatic rings. The first kappa shape index (κ1) is 15.7. The first-order chi connectivity index (χ1) is 9.54. The summed E-state index contributed by atoms with van der Waals surface area (Å²) < 4.78 is 13.6. The molecule has 1 aromatic carbocycles. The highest BCUT2D eigenvalue weighted by atomic mass is 19.1. The van der Waals surface area contributed by atoms with E-state index in [1.54, 1.807) is 0 Å². The van der Waals surface area contributed by atoms with Crippen molar-refractivity contribution in [3.05, 3.63) is 35.1 Å². The second kappa shape index (κ2) is 7.92. The third kappa shape index (κ3) is 5.08. The molecule has 3 N–H and O–H groups in total. The summed E-state index contributed by atoms with van der Waals surface area (Å²) in [5.74, 6) is 3.57. The predicted octanol–water partition coefficient (Wildman–Crippen LogP) is 0.0354. The second-order valence-electron chi connectivity index (χ2n) is 3.89. The fraction of sp³-hybridized carbons (Fsp3) is 0.286. The summed E-state index contributed by atoms with van der Waals surface area (Å²) in [5.41, 5.74) is 0.310. The minimum Gasteiger partial charge on any atom is -0.384 e. The van der Waals surface area contributed by atoms with E-state index in [4.69, 9.17) is 5.11 Å². The Morgan fingerprint density at radius 1 is 1.30 bits per heavy atom. The van der Waals surface area contributed by atoms with Crippen LogP contribution in [0.25, 0.3) is 0 Å². The molecule has 0 bridgehead atoms. The average Bonchev–Trinajstić information content (AvgIpc) is 2.42. The minimum atomic E-state index is -0.656. The van der Waals surface area contributed by atoms with E-state index in [0.717, 1.165) is 6.07 Å². The van der Waals surface area contributed by atoms with Gasteiger partial charge in [-0.1, -0.05) is 11.8 Å². The summed E-state index contributed by atoms with van der Waals surface area (Å²) in [4.78, 5) is 22.4. The molecule has 20 heavy (non-hydrogen) atoms. The van der Waals surface area contributed by atoms with E-state index >= 15 is 0 Å². The molecule has 6 heteroatoms. The maximum absolute atomic E-state index is 13.6. The summed E-state index contributed by atoms with van der Waals surface area (Å²) >= 11 is 0. The largest absolute Gasteiger partial charge is 0.384 e. The number of halogens is 1. The predicted molar refractivity (Wildman–Crippen MR) is 71.4 cm³/mol. The molecule has 0 fully saturated rings. The van der Waals surface area contributed by atoms with Crippen LogP contribution in [0.15, 0.2) is 18.2 Å². The lowest BCUT2D eigenvalue weighted by atomic mass is 10.1. The molecule has 0 radical (unpaired) electrons. The van der Waals surface area contributed by atoms with Gasteiger partial charge >= 0.3 is 0 Å². The molecule has 0 atom stereocenters. The number of carbonyl (C=O) groups excluding carboxylic acids is 2. The zero-order valence-electron chi connectivity index (χ0n) is 11.0. The van der Waals surface area contributed by atoms with Gasteiger partial charge in [0.25, 0.3) is 5.91 Å². The highest BCUT2D eigenvalue weighted by Gasteiger charge is 2.11. The topological polar surface area (TPSA) is 78.4 Å².